The number of benzene rings is 2. The maximum Gasteiger partial charge on any atom is 0.422 e. The Bertz CT molecular complexity index is 780. The van der Waals surface area contributed by atoms with Gasteiger partial charge in [-0.15, -0.1) is 0 Å². The van der Waals surface area contributed by atoms with E-state index in [0.29, 0.717) is 37.5 Å². The number of hydrogen-bond acceptors (Lipinski definition) is 4. The molecule has 0 aliphatic carbocycles. The molecular weight excluding hydrogens is 355 g/mol. The quantitative estimate of drug-likeness (QED) is 0.875. The molecule has 0 unspecified atom stereocenters. The number of aryl methyl sites for hydroxylation is 1. The van der Waals surface area contributed by atoms with Gasteiger partial charge >= 0.3 is 6.18 Å². The number of alkyl halides is 3. The van der Waals surface area contributed by atoms with Gasteiger partial charge in [0.05, 0.1) is 5.69 Å². The molecule has 2 aromatic rings. The van der Waals surface area contributed by atoms with E-state index in [-0.39, 0.29) is 17.5 Å². The second kappa shape index (κ2) is 7.78. The van der Waals surface area contributed by atoms with Gasteiger partial charge in [-0.2, -0.15) is 13.2 Å². The molecule has 1 fully saturated rings. The topological polar surface area (TPSA) is 41.7 Å². The van der Waals surface area contributed by atoms with Crippen LogP contribution in [0.3, 0.4) is 0 Å². The zero-order valence-electron chi connectivity index (χ0n) is 15.5. The molecule has 2 N–H and O–H groups in total. The minimum Gasteiger partial charge on any atom is -0.457 e. The lowest BCUT2D eigenvalue weighted by molar-refractivity contribution is -0.138. The van der Waals surface area contributed by atoms with E-state index in [1.165, 1.54) is 6.07 Å². The highest BCUT2D eigenvalue weighted by atomic mass is 19.4. The number of likely N-dealkylation sites (N-methyl/N-ethyl adjacent to an activating group) is 1. The van der Waals surface area contributed by atoms with Crippen LogP contribution in [0.1, 0.15) is 11.1 Å². The summed E-state index contributed by atoms with van der Waals surface area (Å²) in [6.45, 7) is 3.71. The third kappa shape index (κ3) is 4.20. The molecule has 0 bridgehead atoms. The molecule has 1 saturated heterocycles. The predicted octanol–water partition coefficient (Wildman–Crippen LogP) is 3.89. The van der Waals surface area contributed by atoms with Crippen molar-refractivity contribution in [2.75, 3.05) is 38.1 Å². The fourth-order valence-electron chi connectivity index (χ4n) is 3.46. The van der Waals surface area contributed by atoms with Crippen molar-refractivity contribution in [2.24, 2.45) is 5.73 Å². The van der Waals surface area contributed by atoms with Crippen molar-refractivity contribution in [3.05, 3.63) is 53.6 Å². The van der Waals surface area contributed by atoms with Gasteiger partial charge in [0.2, 0.25) is 0 Å². The van der Waals surface area contributed by atoms with Crippen molar-refractivity contribution < 1.29 is 17.9 Å². The number of hydrogen-bond donors (Lipinski definition) is 1. The SMILES string of the molecule is Cc1ccc(Oc2ccccc2)c(C(F)(F)F)c1N1CCN(C)[C@@H](CN)C1. The third-order valence-corrected chi connectivity index (χ3v) is 4.96. The van der Waals surface area contributed by atoms with Crippen LogP contribution >= 0.6 is 0 Å². The maximum absolute atomic E-state index is 14.1. The van der Waals surface area contributed by atoms with Crippen LogP contribution in [-0.4, -0.2) is 44.2 Å². The van der Waals surface area contributed by atoms with Crippen LogP contribution < -0.4 is 15.4 Å². The molecule has 0 spiro atoms. The number of piperazine rings is 1. The summed E-state index contributed by atoms with van der Waals surface area (Å²) in [5.41, 5.74) is 5.84. The Kier molecular flexibility index (Phi) is 5.62. The van der Waals surface area contributed by atoms with Gasteiger partial charge in [0.25, 0.3) is 0 Å². The van der Waals surface area contributed by atoms with Gasteiger partial charge in [-0.1, -0.05) is 24.3 Å². The van der Waals surface area contributed by atoms with E-state index in [1.54, 1.807) is 48.2 Å². The number of rotatable bonds is 4. The van der Waals surface area contributed by atoms with E-state index >= 15 is 0 Å². The highest BCUT2D eigenvalue weighted by Gasteiger charge is 2.40. The van der Waals surface area contributed by atoms with Gasteiger partial charge in [0, 0.05) is 32.2 Å². The summed E-state index contributed by atoms with van der Waals surface area (Å²) < 4.78 is 47.8. The first-order chi connectivity index (χ1) is 12.8. The number of ether oxygens (including phenoxy) is 1. The summed E-state index contributed by atoms with van der Waals surface area (Å²) in [6.07, 6.45) is -4.53. The van der Waals surface area contributed by atoms with E-state index in [0.717, 1.165) is 0 Å². The first-order valence-electron chi connectivity index (χ1n) is 8.90. The lowest BCUT2D eigenvalue weighted by Gasteiger charge is -2.41. The van der Waals surface area contributed by atoms with E-state index in [9.17, 15) is 13.2 Å². The molecule has 1 aliphatic rings. The zero-order chi connectivity index (χ0) is 19.6. The summed E-state index contributed by atoms with van der Waals surface area (Å²) in [4.78, 5) is 3.87. The van der Waals surface area contributed by atoms with Crippen molar-refractivity contribution in [1.82, 2.24) is 4.90 Å². The lowest BCUT2D eigenvalue weighted by Crippen LogP contribution is -2.54. The van der Waals surface area contributed by atoms with Crippen molar-refractivity contribution in [3.8, 4) is 11.5 Å². The molecule has 0 amide bonds. The summed E-state index contributed by atoms with van der Waals surface area (Å²) in [5, 5.41) is 0. The molecule has 0 aromatic heterocycles. The summed E-state index contributed by atoms with van der Waals surface area (Å²) in [5.74, 6) is 0.188. The Labute approximate surface area is 157 Å². The summed E-state index contributed by atoms with van der Waals surface area (Å²) in [6, 6.07) is 11.6. The molecule has 3 rings (SSSR count). The Morgan fingerprint density at radius 1 is 1.11 bits per heavy atom. The Hall–Kier alpha value is -2.25. The molecule has 4 nitrogen and oxygen atoms in total. The summed E-state index contributed by atoms with van der Waals surface area (Å²) in [7, 11) is 1.95. The van der Waals surface area contributed by atoms with Crippen LogP contribution in [-0.2, 0) is 6.18 Å². The number of nitrogens with zero attached hydrogens (tertiary/aromatic N) is 2. The molecule has 7 heteroatoms. The van der Waals surface area contributed by atoms with Crippen molar-refractivity contribution in [3.63, 3.8) is 0 Å². The van der Waals surface area contributed by atoms with Crippen LogP contribution in [0.15, 0.2) is 42.5 Å². The van der Waals surface area contributed by atoms with Gasteiger partial charge < -0.3 is 15.4 Å². The first-order valence-corrected chi connectivity index (χ1v) is 8.90. The second-order valence-corrected chi connectivity index (χ2v) is 6.83. The van der Waals surface area contributed by atoms with Crippen LogP contribution in [0, 0.1) is 6.92 Å². The molecule has 1 heterocycles. The normalized spacial score (nSPS) is 18.6. The van der Waals surface area contributed by atoms with E-state index in [1.807, 2.05) is 7.05 Å². The average molecular weight is 379 g/mol. The van der Waals surface area contributed by atoms with Gasteiger partial charge in [-0.3, -0.25) is 4.90 Å². The Morgan fingerprint density at radius 2 is 1.81 bits per heavy atom. The highest BCUT2D eigenvalue weighted by Crippen LogP contribution is 2.46. The average Bonchev–Trinajstić information content (AvgIpc) is 2.63. The molecule has 0 saturated carbocycles. The minimum atomic E-state index is -4.53. The second-order valence-electron chi connectivity index (χ2n) is 6.83. The van der Waals surface area contributed by atoms with Crippen LogP contribution in [0.2, 0.25) is 0 Å². The van der Waals surface area contributed by atoms with E-state index in [4.69, 9.17) is 10.5 Å². The molecule has 0 radical (unpaired) electrons. The van der Waals surface area contributed by atoms with E-state index < -0.39 is 11.7 Å². The van der Waals surface area contributed by atoms with E-state index in [2.05, 4.69) is 4.90 Å². The third-order valence-electron chi connectivity index (χ3n) is 4.96. The van der Waals surface area contributed by atoms with Crippen molar-refractivity contribution >= 4 is 5.69 Å². The molecule has 146 valence electrons. The van der Waals surface area contributed by atoms with Crippen molar-refractivity contribution in [2.45, 2.75) is 19.1 Å². The Morgan fingerprint density at radius 3 is 2.44 bits per heavy atom. The molecule has 1 aliphatic heterocycles. The lowest BCUT2D eigenvalue weighted by atomic mass is 10.0. The minimum absolute atomic E-state index is 0.0120. The molecule has 1 atom stereocenters. The first kappa shape index (κ1) is 19.5. The van der Waals surface area contributed by atoms with Gasteiger partial charge in [0.15, 0.2) is 0 Å². The number of para-hydroxylation sites is 1. The zero-order valence-corrected chi connectivity index (χ0v) is 15.5. The summed E-state index contributed by atoms with van der Waals surface area (Å²) >= 11 is 0. The highest BCUT2D eigenvalue weighted by molar-refractivity contribution is 5.66. The predicted molar refractivity (Wildman–Crippen MR) is 100 cm³/mol. The fraction of sp³-hybridized carbons (Fsp3) is 0.400. The monoisotopic (exact) mass is 379 g/mol. The van der Waals surface area contributed by atoms with Gasteiger partial charge in [-0.05, 0) is 37.7 Å². The Balaban J connectivity index is 2.06. The number of halogens is 3. The van der Waals surface area contributed by atoms with Crippen LogP contribution in [0.25, 0.3) is 0 Å². The number of anilines is 1. The largest absolute Gasteiger partial charge is 0.457 e. The van der Waals surface area contributed by atoms with Crippen LogP contribution in [0.5, 0.6) is 11.5 Å². The van der Waals surface area contributed by atoms with Gasteiger partial charge in [-0.25, -0.2) is 0 Å². The van der Waals surface area contributed by atoms with Gasteiger partial charge in [0.1, 0.15) is 17.1 Å². The standard InChI is InChI=1S/C20H24F3N3O/c1-14-8-9-17(27-16-6-4-3-5-7-16)18(20(21,22)23)19(14)26-11-10-25(2)15(12-24)13-26/h3-9,15H,10-13,24H2,1-2H3/t15-/m0/s1. The van der Waals surface area contributed by atoms with Crippen LogP contribution in [0.4, 0.5) is 18.9 Å². The fourth-order valence-corrected chi connectivity index (χ4v) is 3.46. The molecular formula is C20H24F3N3O. The smallest absolute Gasteiger partial charge is 0.422 e. The molecule has 27 heavy (non-hydrogen) atoms. The molecule has 2 aromatic carbocycles. The van der Waals surface area contributed by atoms with Crippen molar-refractivity contribution in [1.29, 1.82) is 0 Å². The number of nitrogens with two attached hydrogens (primary N) is 1. The maximum atomic E-state index is 14.1.